The maximum atomic E-state index is 6.18. The lowest BCUT2D eigenvalue weighted by atomic mass is 10.0. The number of rotatable bonds is 2. The normalized spacial score (nSPS) is 15.9. The maximum absolute atomic E-state index is 6.18. The summed E-state index contributed by atoms with van der Waals surface area (Å²) in [5.74, 6) is 0.558. The Morgan fingerprint density at radius 2 is 2.13 bits per heavy atom. The molecule has 0 amide bonds. The molecule has 0 bridgehead atoms. The molecule has 4 nitrogen and oxygen atoms in total. The molecular weight excluding hydrogens is 348 g/mol. The Labute approximate surface area is 147 Å². The number of anilines is 2. The monoisotopic (exact) mass is 360 g/mol. The van der Waals surface area contributed by atoms with Crippen LogP contribution in [0.4, 0.5) is 11.1 Å². The molecule has 4 rings (SSSR count). The molecule has 1 aliphatic heterocycles. The van der Waals surface area contributed by atoms with Gasteiger partial charge in [-0.1, -0.05) is 11.6 Å². The highest BCUT2D eigenvalue weighted by molar-refractivity contribution is 7.99. The van der Waals surface area contributed by atoms with Crippen molar-refractivity contribution in [2.24, 2.45) is 0 Å². The fourth-order valence-corrected chi connectivity index (χ4v) is 4.48. The maximum Gasteiger partial charge on any atom is 0.229 e. The third-order valence-corrected chi connectivity index (χ3v) is 5.92. The highest BCUT2D eigenvalue weighted by Gasteiger charge is 2.25. The second-order valence-electron chi connectivity index (χ2n) is 5.32. The SMILES string of the molecule is Cc1csc(Nc2ncc3c(n2)-c2cc(Cl)ccc2SC3C)n1. The number of benzene rings is 1. The Bertz CT molecular complexity index is 894. The molecule has 1 aliphatic rings. The molecule has 0 aliphatic carbocycles. The molecule has 0 radical (unpaired) electrons. The zero-order valence-electron chi connectivity index (χ0n) is 12.5. The third-order valence-electron chi connectivity index (χ3n) is 3.59. The van der Waals surface area contributed by atoms with E-state index in [1.807, 2.05) is 42.4 Å². The van der Waals surface area contributed by atoms with Gasteiger partial charge >= 0.3 is 0 Å². The number of nitrogens with one attached hydrogen (secondary N) is 1. The third kappa shape index (κ3) is 2.82. The lowest BCUT2D eigenvalue weighted by Crippen LogP contribution is -2.06. The number of nitrogens with zero attached hydrogens (tertiary/aromatic N) is 3. The van der Waals surface area contributed by atoms with E-state index in [0.717, 1.165) is 27.6 Å². The van der Waals surface area contributed by atoms with Crippen molar-refractivity contribution in [3.05, 3.63) is 46.1 Å². The first-order chi connectivity index (χ1) is 11.1. The van der Waals surface area contributed by atoms with Crippen molar-refractivity contribution in [1.82, 2.24) is 15.0 Å². The van der Waals surface area contributed by atoms with Gasteiger partial charge in [0.05, 0.1) is 11.4 Å². The number of thiazole rings is 1. The van der Waals surface area contributed by atoms with Crippen molar-refractivity contribution in [3.63, 3.8) is 0 Å². The van der Waals surface area contributed by atoms with Crippen LogP contribution in [-0.2, 0) is 0 Å². The van der Waals surface area contributed by atoms with Gasteiger partial charge in [-0.15, -0.1) is 23.1 Å². The Balaban J connectivity index is 1.79. The van der Waals surface area contributed by atoms with Crippen molar-refractivity contribution in [3.8, 4) is 11.3 Å². The van der Waals surface area contributed by atoms with Gasteiger partial charge in [0.25, 0.3) is 0 Å². The van der Waals surface area contributed by atoms with Crippen LogP contribution in [0.1, 0.15) is 23.4 Å². The van der Waals surface area contributed by atoms with Gasteiger partial charge in [0.15, 0.2) is 5.13 Å². The van der Waals surface area contributed by atoms with E-state index in [4.69, 9.17) is 16.6 Å². The number of hydrogen-bond donors (Lipinski definition) is 1. The lowest BCUT2D eigenvalue weighted by Gasteiger charge is -2.23. The molecule has 0 spiro atoms. The van der Waals surface area contributed by atoms with Crippen LogP contribution in [0.2, 0.25) is 5.02 Å². The Kier molecular flexibility index (Phi) is 3.75. The molecule has 0 saturated carbocycles. The van der Waals surface area contributed by atoms with Crippen LogP contribution in [0.3, 0.4) is 0 Å². The van der Waals surface area contributed by atoms with Gasteiger partial charge in [-0.3, -0.25) is 0 Å². The van der Waals surface area contributed by atoms with Gasteiger partial charge in [-0.2, -0.15) is 0 Å². The molecule has 1 atom stereocenters. The van der Waals surface area contributed by atoms with Crippen LogP contribution in [0.5, 0.6) is 0 Å². The second kappa shape index (κ2) is 5.78. The smallest absolute Gasteiger partial charge is 0.229 e. The highest BCUT2D eigenvalue weighted by Crippen LogP contribution is 2.48. The van der Waals surface area contributed by atoms with E-state index in [1.54, 1.807) is 11.3 Å². The summed E-state index contributed by atoms with van der Waals surface area (Å²) in [5, 5.41) is 7.00. The van der Waals surface area contributed by atoms with E-state index in [1.165, 1.54) is 4.90 Å². The number of fused-ring (bicyclic) bond motifs is 3. The fraction of sp³-hybridized carbons (Fsp3) is 0.188. The summed E-state index contributed by atoms with van der Waals surface area (Å²) in [7, 11) is 0. The van der Waals surface area contributed by atoms with E-state index in [0.29, 0.717) is 16.2 Å². The first-order valence-corrected chi connectivity index (χ1v) is 9.26. The molecule has 1 unspecified atom stereocenters. The number of hydrogen-bond acceptors (Lipinski definition) is 6. The molecule has 7 heteroatoms. The summed E-state index contributed by atoms with van der Waals surface area (Å²) in [6.45, 7) is 4.13. The minimum Gasteiger partial charge on any atom is -0.300 e. The van der Waals surface area contributed by atoms with E-state index in [2.05, 4.69) is 28.3 Å². The molecule has 1 N–H and O–H groups in total. The van der Waals surface area contributed by atoms with Crippen LogP contribution in [0, 0.1) is 6.92 Å². The van der Waals surface area contributed by atoms with E-state index >= 15 is 0 Å². The lowest BCUT2D eigenvalue weighted by molar-refractivity contribution is 1.01. The fourth-order valence-electron chi connectivity index (χ4n) is 2.52. The van der Waals surface area contributed by atoms with Gasteiger partial charge in [-0.25, -0.2) is 15.0 Å². The number of aromatic nitrogens is 3. The molecular formula is C16H13ClN4S2. The van der Waals surface area contributed by atoms with Crippen LogP contribution >= 0.6 is 34.7 Å². The standard InChI is InChI=1S/C16H13ClN4S2/c1-8-7-22-16(19-8)21-15-18-6-12-9(2)23-13-4-3-10(17)5-11(13)14(12)20-15/h3-7,9H,1-2H3,(H,18,19,20,21). The minimum absolute atomic E-state index is 0.315. The molecule has 1 aromatic carbocycles. The second-order valence-corrected chi connectivity index (χ2v) is 7.99. The van der Waals surface area contributed by atoms with Crippen LogP contribution < -0.4 is 5.32 Å². The Hall–Kier alpha value is -1.63. The zero-order chi connectivity index (χ0) is 16.0. The quantitative estimate of drug-likeness (QED) is 0.656. The Morgan fingerprint density at radius 3 is 2.91 bits per heavy atom. The van der Waals surface area contributed by atoms with Crippen molar-refractivity contribution in [2.45, 2.75) is 24.0 Å². The van der Waals surface area contributed by atoms with Crippen molar-refractivity contribution in [1.29, 1.82) is 0 Å². The van der Waals surface area contributed by atoms with Crippen LogP contribution in [-0.4, -0.2) is 15.0 Å². The molecule has 3 heterocycles. The average molecular weight is 361 g/mol. The van der Waals surface area contributed by atoms with Crippen molar-refractivity contribution < 1.29 is 0 Å². The predicted octanol–water partition coefficient (Wildman–Crippen LogP) is 5.47. The number of thioether (sulfide) groups is 1. The largest absolute Gasteiger partial charge is 0.300 e. The van der Waals surface area contributed by atoms with Gasteiger partial charge in [0, 0.05) is 37.9 Å². The first kappa shape index (κ1) is 14.9. The summed E-state index contributed by atoms with van der Waals surface area (Å²) in [5.41, 5.74) is 4.12. The zero-order valence-corrected chi connectivity index (χ0v) is 14.9. The number of aryl methyl sites for hydroxylation is 1. The first-order valence-electron chi connectivity index (χ1n) is 7.13. The van der Waals surface area contributed by atoms with E-state index in [9.17, 15) is 0 Å². The van der Waals surface area contributed by atoms with Gasteiger partial charge in [0.2, 0.25) is 5.95 Å². The average Bonchev–Trinajstić information content (AvgIpc) is 2.93. The Morgan fingerprint density at radius 1 is 1.26 bits per heavy atom. The molecule has 23 heavy (non-hydrogen) atoms. The van der Waals surface area contributed by atoms with Crippen molar-refractivity contribution in [2.75, 3.05) is 5.32 Å². The molecule has 0 saturated heterocycles. The molecule has 3 aromatic rings. The molecule has 116 valence electrons. The van der Waals surface area contributed by atoms with Gasteiger partial charge in [0.1, 0.15) is 0 Å². The highest BCUT2D eigenvalue weighted by atomic mass is 35.5. The van der Waals surface area contributed by atoms with Crippen LogP contribution in [0.15, 0.2) is 34.7 Å². The van der Waals surface area contributed by atoms with Crippen LogP contribution in [0.25, 0.3) is 11.3 Å². The summed E-state index contributed by atoms with van der Waals surface area (Å²) in [4.78, 5) is 14.8. The van der Waals surface area contributed by atoms with E-state index < -0.39 is 0 Å². The predicted molar refractivity (Wildman–Crippen MR) is 96.9 cm³/mol. The minimum atomic E-state index is 0.315. The number of halogens is 1. The molecule has 0 fully saturated rings. The summed E-state index contributed by atoms with van der Waals surface area (Å²) >= 11 is 9.53. The topological polar surface area (TPSA) is 50.7 Å². The summed E-state index contributed by atoms with van der Waals surface area (Å²) in [6.07, 6.45) is 1.90. The van der Waals surface area contributed by atoms with E-state index in [-0.39, 0.29) is 0 Å². The van der Waals surface area contributed by atoms with Gasteiger partial charge < -0.3 is 5.32 Å². The molecule has 2 aromatic heterocycles. The van der Waals surface area contributed by atoms with Gasteiger partial charge in [-0.05, 0) is 32.0 Å². The van der Waals surface area contributed by atoms with Crippen molar-refractivity contribution >= 4 is 45.8 Å². The summed E-state index contributed by atoms with van der Waals surface area (Å²) in [6, 6.07) is 5.95. The summed E-state index contributed by atoms with van der Waals surface area (Å²) < 4.78 is 0.